The molecule has 1 N–H and O–H groups in total. The highest BCUT2D eigenvalue weighted by atomic mass is 16.2. The summed E-state index contributed by atoms with van der Waals surface area (Å²) < 4.78 is 0. The smallest absolute Gasteiger partial charge is 0.377 e. The highest BCUT2D eigenvalue weighted by Gasteiger charge is 2.19. The average Bonchev–Trinajstić information content (AvgIpc) is 2.29. The summed E-state index contributed by atoms with van der Waals surface area (Å²) >= 11 is 0. The molecule has 0 aromatic carbocycles. The van der Waals surface area contributed by atoms with Gasteiger partial charge >= 0.3 is 7.05 Å². The summed E-state index contributed by atoms with van der Waals surface area (Å²) in [6, 6.07) is 0. The summed E-state index contributed by atoms with van der Waals surface area (Å²) in [5.74, 6) is -0.171. The molecule has 0 aliphatic rings. The Bertz CT molecular complexity index is 356. The number of aromatic nitrogens is 2. The van der Waals surface area contributed by atoms with Gasteiger partial charge in [-0.2, -0.15) is 0 Å². The van der Waals surface area contributed by atoms with Crippen molar-refractivity contribution in [3.63, 3.8) is 0 Å². The molecule has 0 fully saturated rings. The fourth-order valence-electron chi connectivity index (χ4n) is 1.22. The quantitative estimate of drug-likeness (QED) is 0.422. The van der Waals surface area contributed by atoms with Crippen LogP contribution in [0.1, 0.15) is 10.5 Å². The lowest BCUT2D eigenvalue weighted by Crippen LogP contribution is -2.41. The number of hydrogen-bond acceptors (Lipinski definition) is 5. The van der Waals surface area contributed by atoms with E-state index in [1.54, 1.807) is 17.7 Å². The van der Waals surface area contributed by atoms with E-state index >= 15 is 0 Å². The molecule has 1 rings (SSSR count). The molecule has 0 bridgehead atoms. The van der Waals surface area contributed by atoms with Crippen molar-refractivity contribution < 1.29 is 9.82 Å². The van der Waals surface area contributed by atoms with E-state index < -0.39 is 7.05 Å². The SMILES string of the molecule is C=CCN(CC(=O)c1cnccn1)B(C)O. The summed E-state index contributed by atoms with van der Waals surface area (Å²) in [6.07, 6.45) is 6.02. The molecule has 0 saturated heterocycles. The van der Waals surface area contributed by atoms with Crippen molar-refractivity contribution >= 4 is 12.8 Å². The fourth-order valence-corrected chi connectivity index (χ4v) is 1.22. The number of carbonyl (C=O) groups is 1. The van der Waals surface area contributed by atoms with Gasteiger partial charge < -0.3 is 9.83 Å². The van der Waals surface area contributed by atoms with Crippen LogP contribution in [0.25, 0.3) is 0 Å². The number of ketones is 1. The normalized spacial score (nSPS) is 10.2. The van der Waals surface area contributed by atoms with E-state index in [0.717, 1.165) is 0 Å². The van der Waals surface area contributed by atoms with E-state index in [2.05, 4.69) is 16.5 Å². The van der Waals surface area contributed by atoms with Gasteiger partial charge in [-0.25, -0.2) is 4.98 Å². The summed E-state index contributed by atoms with van der Waals surface area (Å²) in [4.78, 5) is 21.1. The summed E-state index contributed by atoms with van der Waals surface area (Å²) in [5.41, 5.74) is 0.303. The Hall–Kier alpha value is -1.53. The van der Waals surface area contributed by atoms with Gasteiger partial charge in [0.1, 0.15) is 5.69 Å². The van der Waals surface area contributed by atoms with Crippen LogP contribution in [0.5, 0.6) is 0 Å². The first-order valence-corrected chi connectivity index (χ1v) is 4.97. The maximum absolute atomic E-state index is 11.7. The van der Waals surface area contributed by atoms with Gasteiger partial charge in [-0.05, 0) is 6.82 Å². The third-order valence-electron chi connectivity index (χ3n) is 2.09. The molecule has 1 heterocycles. The van der Waals surface area contributed by atoms with Gasteiger partial charge in [0.25, 0.3) is 0 Å². The van der Waals surface area contributed by atoms with Gasteiger partial charge in [0.15, 0.2) is 5.78 Å². The number of hydrogen-bond donors (Lipinski definition) is 1. The van der Waals surface area contributed by atoms with Crippen LogP contribution in [-0.4, -0.2) is 45.7 Å². The first-order chi connectivity index (χ1) is 7.65. The number of Topliss-reactive ketones (excluding diaryl/α,β-unsaturated/α-hetero) is 1. The molecule has 1 aromatic rings. The minimum atomic E-state index is -0.696. The third kappa shape index (κ3) is 3.56. The molecule has 5 nitrogen and oxygen atoms in total. The predicted octanol–water partition coefficient (Wildman–Crippen LogP) is 0.258. The van der Waals surface area contributed by atoms with Gasteiger partial charge in [-0.3, -0.25) is 9.78 Å². The molecule has 0 amide bonds. The molecule has 6 heteroatoms. The van der Waals surface area contributed by atoms with Crippen molar-refractivity contribution in [3.8, 4) is 0 Å². The van der Waals surface area contributed by atoms with Crippen LogP contribution in [0.4, 0.5) is 0 Å². The topological polar surface area (TPSA) is 66.3 Å². The molecule has 0 atom stereocenters. The van der Waals surface area contributed by atoms with Crippen molar-refractivity contribution in [1.29, 1.82) is 0 Å². The largest absolute Gasteiger partial charge is 0.437 e. The van der Waals surface area contributed by atoms with Crippen molar-refractivity contribution in [2.24, 2.45) is 0 Å². The third-order valence-corrected chi connectivity index (χ3v) is 2.09. The van der Waals surface area contributed by atoms with Gasteiger partial charge in [0.05, 0.1) is 12.7 Å². The van der Waals surface area contributed by atoms with Crippen LogP contribution in [0.15, 0.2) is 31.2 Å². The van der Waals surface area contributed by atoms with Gasteiger partial charge in [-0.1, -0.05) is 6.08 Å². The van der Waals surface area contributed by atoms with Crippen LogP contribution in [0.2, 0.25) is 6.82 Å². The van der Waals surface area contributed by atoms with Crippen molar-refractivity contribution in [3.05, 3.63) is 36.9 Å². The zero-order valence-electron chi connectivity index (χ0n) is 9.21. The average molecular weight is 219 g/mol. The minimum absolute atomic E-state index is 0.0996. The second kappa shape index (κ2) is 6.14. The minimum Gasteiger partial charge on any atom is -0.437 e. The molecule has 1 aromatic heterocycles. The van der Waals surface area contributed by atoms with E-state index in [4.69, 9.17) is 0 Å². The lowest BCUT2D eigenvalue weighted by atomic mass is 9.84. The predicted molar refractivity (Wildman–Crippen MR) is 62.0 cm³/mol. The Morgan fingerprint density at radius 2 is 2.44 bits per heavy atom. The van der Waals surface area contributed by atoms with E-state index in [1.165, 1.54) is 18.6 Å². The molecular weight excluding hydrogens is 205 g/mol. The molecule has 16 heavy (non-hydrogen) atoms. The van der Waals surface area contributed by atoms with E-state index in [1.807, 2.05) is 0 Å². The van der Waals surface area contributed by atoms with Crippen LogP contribution in [-0.2, 0) is 0 Å². The first kappa shape index (κ1) is 12.5. The second-order valence-corrected chi connectivity index (χ2v) is 3.36. The van der Waals surface area contributed by atoms with Crippen LogP contribution >= 0.6 is 0 Å². The zero-order valence-corrected chi connectivity index (χ0v) is 9.21. The van der Waals surface area contributed by atoms with Crippen LogP contribution in [0, 0.1) is 0 Å². The van der Waals surface area contributed by atoms with E-state index in [-0.39, 0.29) is 12.3 Å². The van der Waals surface area contributed by atoms with Gasteiger partial charge in [-0.15, -0.1) is 6.58 Å². The second-order valence-electron chi connectivity index (χ2n) is 3.36. The van der Waals surface area contributed by atoms with E-state index in [9.17, 15) is 9.82 Å². The Balaban J connectivity index is 2.65. The van der Waals surface area contributed by atoms with Crippen molar-refractivity contribution in [1.82, 2.24) is 14.8 Å². The summed E-state index contributed by atoms with van der Waals surface area (Å²) in [6.45, 7) is 5.72. The van der Waals surface area contributed by atoms with Crippen molar-refractivity contribution in [2.45, 2.75) is 6.82 Å². The van der Waals surface area contributed by atoms with E-state index in [0.29, 0.717) is 12.2 Å². The molecule has 0 saturated carbocycles. The molecule has 84 valence electrons. The molecule has 0 unspecified atom stereocenters. The zero-order chi connectivity index (χ0) is 12.0. The Morgan fingerprint density at radius 1 is 1.69 bits per heavy atom. The maximum Gasteiger partial charge on any atom is 0.377 e. The highest BCUT2D eigenvalue weighted by molar-refractivity contribution is 6.45. The number of rotatable bonds is 6. The molecule has 0 spiro atoms. The Kier molecular flexibility index (Phi) is 4.82. The number of nitrogens with zero attached hydrogens (tertiary/aromatic N) is 3. The summed E-state index contributed by atoms with van der Waals surface area (Å²) in [5, 5.41) is 9.43. The molecular formula is C10H14BN3O2. The monoisotopic (exact) mass is 219 g/mol. The van der Waals surface area contributed by atoms with Crippen molar-refractivity contribution in [2.75, 3.05) is 13.1 Å². The standard InChI is InChI=1S/C10H14BN3O2/c1-3-6-14(11(2)16)8-10(15)9-7-12-4-5-13-9/h3-5,7,16H,1,6,8H2,2H3. The van der Waals surface area contributed by atoms with Gasteiger partial charge in [0.2, 0.25) is 0 Å². The first-order valence-electron chi connectivity index (χ1n) is 4.97. The summed E-state index contributed by atoms with van der Waals surface area (Å²) in [7, 11) is -0.696. The Morgan fingerprint density at radius 3 is 2.94 bits per heavy atom. The van der Waals surface area contributed by atoms with Crippen LogP contribution < -0.4 is 0 Å². The fraction of sp³-hybridized carbons (Fsp3) is 0.300. The number of carbonyl (C=O) groups excluding carboxylic acids is 1. The molecule has 0 aliphatic carbocycles. The molecule has 0 aliphatic heterocycles. The lowest BCUT2D eigenvalue weighted by Gasteiger charge is -2.19. The highest BCUT2D eigenvalue weighted by Crippen LogP contribution is 1.98. The lowest BCUT2D eigenvalue weighted by molar-refractivity contribution is 0.0958. The van der Waals surface area contributed by atoms with Gasteiger partial charge in [0, 0.05) is 18.9 Å². The Labute approximate surface area is 95.0 Å². The van der Waals surface area contributed by atoms with Crippen LogP contribution in [0.3, 0.4) is 0 Å². The molecule has 0 radical (unpaired) electrons. The maximum atomic E-state index is 11.7.